The van der Waals surface area contributed by atoms with Crippen LogP contribution in [0.15, 0.2) is 0 Å². The highest BCUT2D eigenvalue weighted by Gasteiger charge is 2.27. The number of hydrogen-bond donors (Lipinski definition) is 2. The highest BCUT2D eigenvalue weighted by Crippen LogP contribution is 2.29. The van der Waals surface area contributed by atoms with Gasteiger partial charge < -0.3 is 15.3 Å². The largest absolute Gasteiger partial charge is 0.396 e. The van der Waals surface area contributed by atoms with Gasteiger partial charge in [0, 0.05) is 18.7 Å². The summed E-state index contributed by atoms with van der Waals surface area (Å²) >= 11 is 0. The average Bonchev–Trinajstić information content (AvgIpc) is 2.40. The number of piperidine rings is 1. The molecule has 0 aromatic heterocycles. The van der Waals surface area contributed by atoms with Gasteiger partial charge in [-0.3, -0.25) is 0 Å². The summed E-state index contributed by atoms with van der Waals surface area (Å²) in [5.74, 6) is 1.26. The van der Waals surface area contributed by atoms with Crippen molar-refractivity contribution in [3.8, 4) is 0 Å². The predicted octanol–water partition coefficient (Wildman–Crippen LogP) is 1.86. The zero-order valence-corrected chi connectivity index (χ0v) is 12.1. The summed E-state index contributed by atoms with van der Waals surface area (Å²) in [6.45, 7) is 5.04. The summed E-state index contributed by atoms with van der Waals surface area (Å²) in [5, 5.41) is 13.2. The zero-order valence-electron chi connectivity index (χ0n) is 12.1. The van der Waals surface area contributed by atoms with E-state index in [0.717, 1.165) is 6.54 Å². The first-order chi connectivity index (χ1) is 8.70. The first-order valence-corrected chi connectivity index (χ1v) is 7.75. The fourth-order valence-corrected chi connectivity index (χ4v) is 3.59. The van der Waals surface area contributed by atoms with Crippen molar-refractivity contribution in [2.75, 3.05) is 26.7 Å². The molecule has 106 valence electrons. The second kappa shape index (κ2) is 6.88. The Morgan fingerprint density at radius 1 is 1.17 bits per heavy atom. The molecule has 3 nitrogen and oxygen atoms in total. The molecule has 0 bridgehead atoms. The standard InChI is InChI=1S/C15H30N2O/c1-12-9-15(7-8-17(12)2)16-10-13-5-3-4-6-14(13)11-18/h12-16,18H,3-11H2,1-2H3. The van der Waals surface area contributed by atoms with Crippen LogP contribution in [0.4, 0.5) is 0 Å². The van der Waals surface area contributed by atoms with Gasteiger partial charge in [-0.25, -0.2) is 0 Å². The molecule has 0 aromatic rings. The Morgan fingerprint density at radius 3 is 2.56 bits per heavy atom. The monoisotopic (exact) mass is 254 g/mol. The molecule has 18 heavy (non-hydrogen) atoms. The predicted molar refractivity (Wildman–Crippen MR) is 75.7 cm³/mol. The molecule has 3 heteroatoms. The molecule has 1 aliphatic heterocycles. The topological polar surface area (TPSA) is 35.5 Å². The summed E-state index contributed by atoms with van der Waals surface area (Å²) in [5.41, 5.74) is 0. The SMILES string of the molecule is CC1CC(NCC2CCCCC2CO)CCN1C. The zero-order chi connectivity index (χ0) is 13.0. The van der Waals surface area contributed by atoms with Crippen LogP contribution in [0.25, 0.3) is 0 Å². The number of nitrogens with one attached hydrogen (secondary N) is 1. The van der Waals surface area contributed by atoms with Crippen molar-refractivity contribution in [3.63, 3.8) is 0 Å². The summed E-state index contributed by atoms with van der Waals surface area (Å²) in [7, 11) is 2.23. The first kappa shape index (κ1) is 14.3. The summed E-state index contributed by atoms with van der Waals surface area (Å²) in [4.78, 5) is 2.45. The van der Waals surface area contributed by atoms with Gasteiger partial charge in [-0.2, -0.15) is 0 Å². The smallest absolute Gasteiger partial charge is 0.0462 e. The van der Waals surface area contributed by atoms with Crippen LogP contribution in [0, 0.1) is 11.8 Å². The maximum atomic E-state index is 9.44. The van der Waals surface area contributed by atoms with Gasteiger partial charge in [0.2, 0.25) is 0 Å². The lowest BCUT2D eigenvalue weighted by Crippen LogP contribution is -2.47. The molecular formula is C15H30N2O. The van der Waals surface area contributed by atoms with E-state index in [4.69, 9.17) is 0 Å². The van der Waals surface area contributed by atoms with E-state index in [9.17, 15) is 5.11 Å². The maximum absolute atomic E-state index is 9.44. The minimum absolute atomic E-state index is 0.385. The number of rotatable bonds is 4. The second-order valence-electron chi connectivity index (χ2n) is 6.45. The number of nitrogens with zero attached hydrogens (tertiary/aromatic N) is 1. The lowest BCUT2D eigenvalue weighted by Gasteiger charge is -2.37. The molecular weight excluding hydrogens is 224 g/mol. The van der Waals surface area contributed by atoms with Gasteiger partial charge in [0.25, 0.3) is 0 Å². The van der Waals surface area contributed by atoms with Crippen LogP contribution in [0.5, 0.6) is 0 Å². The Kier molecular flexibility index (Phi) is 5.46. The molecule has 4 unspecified atom stereocenters. The van der Waals surface area contributed by atoms with Crippen molar-refractivity contribution < 1.29 is 5.11 Å². The van der Waals surface area contributed by atoms with Crippen molar-refractivity contribution in [1.82, 2.24) is 10.2 Å². The van der Waals surface area contributed by atoms with Crippen molar-refractivity contribution in [2.24, 2.45) is 11.8 Å². The molecule has 1 saturated carbocycles. The van der Waals surface area contributed by atoms with Crippen molar-refractivity contribution in [2.45, 2.75) is 57.5 Å². The van der Waals surface area contributed by atoms with Gasteiger partial charge in [-0.1, -0.05) is 12.8 Å². The molecule has 0 radical (unpaired) electrons. The Balaban J connectivity index is 1.73. The van der Waals surface area contributed by atoms with E-state index in [2.05, 4.69) is 24.2 Å². The minimum atomic E-state index is 0.385. The number of aliphatic hydroxyl groups excluding tert-OH is 1. The third kappa shape index (κ3) is 3.69. The van der Waals surface area contributed by atoms with Crippen molar-refractivity contribution in [3.05, 3.63) is 0 Å². The van der Waals surface area contributed by atoms with E-state index in [0.29, 0.717) is 30.5 Å². The fourth-order valence-electron chi connectivity index (χ4n) is 3.59. The molecule has 2 N–H and O–H groups in total. The molecule has 1 heterocycles. The third-order valence-electron chi connectivity index (χ3n) is 5.18. The van der Waals surface area contributed by atoms with Crippen molar-refractivity contribution >= 4 is 0 Å². The van der Waals surface area contributed by atoms with E-state index in [1.807, 2.05) is 0 Å². The van der Waals surface area contributed by atoms with Gasteiger partial charge >= 0.3 is 0 Å². The molecule has 0 amide bonds. The Morgan fingerprint density at radius 2 is 1.89 bits per heavy atom. The van der Waals surface area contributed by atoms with Gasteiger partial charge in [0.1, 0.15) is 0 Å². The first-order valence-electron chi connectivity index (χ1n) is 7.75. The molecule has 1 saturated heterocycles. The van der Waals surface area contributed by atoms with Gasteiger partial charge in [-0.05, 0) is 64.6 Å². The molecule has 2 fully saturated rings. The summed E-state index contributed by atoms with van der Waals surface area (Å²) in [6, 6.07) is 1.40. The quantitative estimate of drug-likeness (QED) is 0.804. The lowest BCUT2D eigenvalue weighted by molar-refractivity contribution is 0.121. The number of hydrogen-bond acceptors (Lipinski definition) is 3. The summed E-state index contributed by atoms with van der Waals surface area (Å²) in [6.07, 6.45) is 7.75. The van der Waals surface area contributed by atoms with E-state index >= 15 is 0 Å². The van der Waals surface area contributed by atoms with E-state index in [-0.39, 0.29) is 0 Å². The lowest BCUT2D eigenvalue weighted by atomic mass is 9.79. The second-order valence-corrected chi connectivity index (χ2v) is 6.45. The molecule has 2 aliphatic rings. The van der Waals surface area contributed by atoms with Crippen LogP contribution in [0.2, 0.25) is 0 Å². The van der Waals surface area contributed by atoms with Crippen LogP contribution in [0.3, 0.4) is 0 Å². The molecule has 1 aliphatic carbocycles. The normalized spacial score (nSPS) is 38.8. The Labute approximate surface area is 112 Å². The minimum Gasteiger partial charge on any atom is -0.396 e. The van der Waals surface area contributed by atoms with E-state index < -0.39 is 0 Å². The van der Waals surface area contributed by atoms with Gasteiger partial charge in [-0.15, -0.1) is 0 Å². The highest BCUT2D eigenvalue weighted by molar-refractivity contribution is 4.83. The highest BCUT2D eigenvalue weighted by atomic mass is 16.3. The van der Waals surface area contributed by atoms with Crippen LogP contribution in [-0.2, 0) is 0 Å². The van der Waals surface area contributed by atoms with Crippen LogP contribution >= 0.6 is 0 Å². The van der Waals surface area contributed by atoms with Crippen LogP contribution < -0.4 is 5.32 Å². The van der Waals surface area contributed by atoms with E-state index in [1.165, 1.54) is 45.1 Å². The number of likely N-dealkylation sites (tertiary alicyclic amines) is 1. The van der Waals surface area contributed by atoms with E-state index in [1.54, 1.807) is 0 Å². The average molecular weight is 254 g/mol. The maximum Gasteiger partial charge on any atom is 0.0462 e. The number of aliphatic hydroxyl groups is 1. The molecule has 4 atom stereocenters. The Hall–Kier alpha value is -0.120. The van der Waals surface area contributed by atoms with Crippen molar-refractivity contribution in [1.29, 1.82) is 0 Å². The Bertz CT molecular complexity index is 247. The van der Waals surface area contributed by atoms with Crippen LogP contribution in [0.1, 0.15) is 45.4 Å². The molecule has 2 rings (SSSR count). The van der Waals surface area contributed by atoms with Gasteiger partial charge in [0.15, 0.2) is 0 Å². The summed E-state index contributed by atoms with van der Waals surface area (Å²) < 4.78 is 0. The van der Waals surface area contributed by atoms with Gasteiger partial charge in [0.05, 0.1) is 0 Å². The third-order valence-corrected chi connectivity index (χ3v) is 5.18. The molecule has 0 spiro atoms. The fraction of sp³-hybridized carbons (Fsp3) is 1.00. The van der Waals surface area contributed by atoms with Crippen LogP contribution in [-0.4, -0.2) is 48.8 Å². The molecule has 0 aromatic carbocycles.